The van der Waals surface area contributed by atoms with Crippen molar-refractivity contribution in [3.63, 3.8) is 0 Å². The summed E-state index contributed by atoms with van der Waals surface area (Å²) >= 11 is 0. The number of amides is 3. The predicted octanol–water partition coefficient (Wildman–Crippen LogP) is -0.987. The van der Waals surface area contributed by atoms with Crippen molar-refractivity contribution < 1.29 is 18.0 Å². The lowest BCUT2D eigenvalue weighted by molar-refractivity contribution is -0.124. The van der Waals surface area contributed by atoms with E-state index in [0.717, 1.165) is 4.90 Å². The Morgan fingerprint density at radius 1 is 1.38 bits per heavy atom. The van der Waals surface area contributed by atoms with E-state index in [1.807, 2.05) is 11.8 Å². The Kier molecular flexibility index (Phi) is 5.36. The number of guanidine groups is 1. The standard InChI is InChI=1S/C14H25N5O4S/c1-4-15-12(16-5-6-19-11(20)9-17-13(19)21)18-7-8-24(22,23)14(2,3)10-18/h4-10H2,1-3H3,(H,15,16)(H,17,21). The second kappa shape index (κ2) is 6.96. The Bertz CT molecular complexity index is 628. The molecule has 0 bridgehead atoms. The maximum atomic E-state index is 12.1. The largest absolute Gasteiger partial charge is 0.357 e. The molecule has 136 valence electrons. The van der Waals surface area contributed by atoms with Crippen LogP contribution in [-0.2, 0) is 14.6 Å². The summed E-state index contributed by atoms with van der Waals surface area (Å²) in [6, 6.07) is -0.398. The molecule has 2 heterocycles. The van der Waals surface area contributed by atoms with E-state index in [-0.39, 0.29) is 31.3 Å². The van der Waals surface area contributed by atoms with Crippen LogP contribution in [0, 0.1) is 0 Å². The molecule has 24 heavy (non-hydrogen) atoms. The molecule has 2 rings (SSSR count). The summed E-state index contributed by atoms with van der Waals surface area (Å²) in [5.74, 6) is 0.426. The third-order valence-corrected chi connectivity index (χ3v) is 6.73. The molecule has 0 atom stereocenters. The number of imide groups is 1. The number of rotatable bonds is 4. The number of hydrogen-bond acceptors (Lipinski definition) is 5. The Morgan fingerprint density at radius 3 is 2.62 bits per heavy atom. The van der Waals surface area contributed by atoms with E-state index in [1.54, 1.807) is 13.8 Å². The first-order chi connectivity index (χ1) is 11.2. The van der Waals surface area contributed by atoms with Crippen molar-refractivity contribution in [2.45, 2.75) is 25.5 Å². The van der Waals surface area contributed by atoms with Gasteiger partial charge in [0.2, 0.25) is 5.91 Å². The topological polar surface area (TPSA) is 111 Å². The lowest BCUT2D eigenvalue weighted by Crippen LogP contribution is -2.57. The number of carbonyl (C=O) groups excluding carboxylic acids is 2. The highest BCUT2D eigenvalue weighted by molar-refractivity contribution is 7.92. The first-order valence-electron chi connectivity index (χ1n) is 8.02. The minimum absolute atomic E-state index is 0.0286. The molecule has 2 saturated heterocycles. The van der Waals surface area contributed by atoms with E-state index >= 15 is 0 Å². The quantitative estimate of drug-likeness (QED) is 0.379. The molecular weight excluding hydrogens is 334 g/mol. The van der Waals surface area contributed by atoms with Crippen LogP contribution in [0.1, 0.15) is 20.8 Å². The van der Waals surface area contributed by atoms with Crippen molar-refractivity contribution in [2.24, 2.45) is 4.99 Å². The third kappa shape index (κ3) is 3.80. The summed E-state index contributed by atoms with van der Waals surface area (Å²) in [4.78, 5) is 30.5. The molecule has 2 fully saturated rings. The number of nitrogens with one attached hydrogen (secondary N) is 2. The summed E-state index contributed by atoms with van der Waals surface area (Å²) < 4.78 is 23.4. The summed E-state index contributed by atoms with van der Waals surface area (Å²) in [5.41, 5.74) is 0. The van der Waals surface area contributed by atoms with Crippen LogP contribution >= 0.6 is 0 Å². The van der Waals surface area contributed by atoms with Gasteiger partial charge in [-0.2, -0.15) is 0 Å². The molecule has 0 unspecified atom stereocenters. The van der Waals surface area contributed by atoms with Crippen molar-refractivity contribution in [3.05, 3.63) is 0 Å². The van der Waals surface area contributed by atoms with E-state index in [4.69, 9.17) is 0 Å². The van der Waals surface area contributed by atoms with Crippen LogP contribution in [0.5, 0.6) is 0 Å². The lowest BCUT2D eigenvalue weighted by atomic mass is 10.2. The summed E-state index contributed by atoms with van der Waals surface area (Å²) in [5, 5.41) is 5.60. The predicted molar refractivity (Wildman–Crippen MR) is 90.5 cm³/mol. The van der Waals surface area contributed by atoms with Crippen LogP contribution in [-0.4, -0.2) is 85.9 Å². The Morgan fingerprint density at radius 2 is 2.08 bits per heavy atom. The van der Waals surface area contributed by atoms with Crippen LogP contribution in [0.4, 0.5) is 4.79 Å². The van der Waals surface area contributed by atoms with Gasteiger partial charge in [0.05, 0.1) is 30.1 Å². The van der Waals surface area contributed by atoms with Crippen molar-refractivity contribution in [1.82, 2.24) is 20.4 Å². The van der Waals surface area contributed by atoms with Gasteiger partial charge in [0, 0.05) is 19.6 Å². The maximum absolute atomic E-state index is 12.1. The zero-order valence-corrected chi connectivity index (χ0v) is 15.1. The summed E-state index contributed by atoms with van der Waals surface area (Å²) in [6.07, 6.45) is 0. The molecule has 0 aromatic heterocycles. The minimum Gasteiger partial charge on any atom is -0.357 e. The molecule has 0 radical (unpaired) electrons. The SMILES string of the molecule is CCNC(=NCCN1C(=O)CNC1=O)N1CCS(=O)(=O)C(C)(C)C1. The van der Waals surface area contributed by atoms with Crippen LogP contribution in [0.15, 0.2) is 4.99 Å². The van der Waals surface area contributed by atoms with Crippen molar-refractivity contribution in [3.8, 4) is 0 Å². The van der Waals surface area contributed by atoms with Crippen LogP contribution in [0.3, 0.4) is 0 Å². The number of aliphatic imine (C=N–C) groups is 1. The summed E-state index contributed by atoms with van der Waals surface area (Å²) in [7, 11) is -3.12. The number of carbonyl (C=O) groups is 2. The van der Waals surface area contributed by atoms with Gasteiger partial charge < -0.3 is 15.5 Å². The van der Waals surface area contributed by atoms with Gasteiger partial charge in [-0.05, 0) is 20.8 Å². The van der Waals surface area contributed by atoms with Gasteiger partial charge in [0.15, 0.2) is 15.8 Å². The molecule has 2 N–H and O–H groups in total. The Balaban J connectivity index is 2.03. The van der Waals surface area contributed by atoms with Gasteiger partial charge in [-0.15, -0.1) is 0 Å². The number of sulfone groups is 1. The first-order valence-corrected chi connectivity index (χ1v) is 9.67. The Hall–Kier alpha value is -1.84. The fourth-order valence-electron chi connectivity index (χ4n) is 2.69. The monoisotopic (exact) mass is 359 g/mol. The van der Waals surface area contributed by atoms with Gasteiger partial charge in [-0.25, -0.2) is 13.2 Å². The zero-order chi connectivity index (χ0) is 18.0. The van der Waals surface area contributed by atoms with E-state index in [0.29, 0.717) is 25.6 Å². The molecular formula is C14H25N5O4S. The van der Waals surface area contributed by atoms with Crippen molar-refractivity contribution >= 4 is 27.7 Å². The van der Waals surface area contributed by atoms with Crippen molar-refractivity contribution in [1.29, 1.82) is 0 Å². The molecule has 3 amide bonds. The van der Waals surface area contributed by atoms with E-state index in [2.05, 4.69) is 15.6 Å². The smallest absolute Gasteiger partial charge is 0.324 e. The van der Waals surface area contributed by atoms with Gasteiger partial charge >= 0.3 is 6.03 Å². The Labute approximate surface area is 142 Å². The highest BCUT2D eigenvalue weighted by Crippen LogP contribution is 2.23. The number of hydrogen-bond donors (Lipinski definition) is 2. The molecule has 2 aliphatic rings. The molecule has 0 aromatic carbocycles. The molecule has 0 spiro atoms. The van der Waals surface area contributed by atoms with Crippen molar-refractivity contribution in [2.75, 3.05) is 45.0 Å². The van der Waals surface area contributed by atoms with Gasteiger partial charge in [-0.1, -0.05) is 0 Å². The maximum Gasteiger partial charge on any atom is 0.324 e. The van der Waals surface area contributed by atoms with E-state index < -0.39 is 20.6 Å². The second-order valence-corrected chi connectivity index (χ2v) is 9.18. The van der Waals surface area contributed by atoms with E-state index in [1.165, 1.54) is 0 Å². The molecule has 10 heteroatoms. The van der Waals surface area contributed by atoms with Gasteiger partial charge in [-0.3, -0.25) is 14.7 Å². The minimum atomic E-state index is -3.12. The third-order valence-electron chi connectivity index (χ3n) is 4.20. The van der Waals surface area contributed by atoms with Gasteiger partial charge in [0.25, 0.3) is 0 Å². The highest BCUT2D eigenvalue weighted by Gasteiger charge is 2.41. The molecule has 0 aromatic rings. The fraction of sp³-hybridized carbons (Fsp3) is 0.786. The molecule has 2 aliphatic heterocycles. The number of nitrogens with zero attached hydrogens (tertiary/aromatic N) is 3. The van der Waals surface area contributed by atoms with Crippen LogP contribution in [0.2, 0.25) is 0 Å². The highest BCUT2D eigenvalue weighted by atomic mass is 32.2. The molecule has 0 saturated carbocycles. The normalized spacial score (nSPS) is 23.4. The van der Waals surface area contributed by atoms with E-state index in [9.17, 15) is 18.0 Å². The van der Waals surface area contributed by atoms with Crippen LogP contribution < -0.4 is 10.6 Å². The fourth-order valence-corrected chi connectivity index (χ4v) is 4.05. The summed E-state index contributed by atoms with van der Waals surface area (Å²) in [6.45, 7) is 7.23. The van der Waals surface area contributed by atoms with Crippen LogP contribution in [0.25, 0.3) is 0 Å². The molecule has 0 aliphatic carbocycles. The average Bonchev–Trinajstić information content (AvgIpc) is 2.81. The lowest BCUT2D eigenvalue weighted by Gasteiger charge is -2.39. The van der Waals surface area contributed by atoms with Gasteiger partial charge in [0.1, 0.15) is 0 Å². The number of urea groups is 1. The first kappa shape index (κ1) is 18.5. The zero-order valence-electron chi connectivity index (χ0n) is 14.3. The average molecular weight is 359 g/mol. The second-order valence-electron chi connectivity index (χ2n) is 6.44. The molecule has 9 nitrogen and oxygen atoms in total.